The van der Waals surface area contributed by atoms with E-state index in [4.69, 9.17) is 4.74 Å². The van der Waals surface area contributed by atoms with Gasteiger partial charge in [-0.15, -0.1) is 11.3 Å². The van der Waals surface area contributed by atoms with Gasteiger partial charge in [-0.25, -0.2) is 8.42 Å². The predicted molar refractivity (Wildman–Crippen MR) is 96.9 cm³/mol. The van der Waals surface area contributed by atoms with E-state index in [0.29, 0.717) is 5.56 Å². The number of thiophene rings is 1. The van der Waals surface area contributed by atoms with Crippen LogP contribution in [0.15, 0.2) is 35.2 Å². The van der Waals surface area contributed by atoms with Crippen molar-refractivity contribution in [2.45, 2.75) is 32.1 Å². The number of ether oxygens (including phenoxy) is 1. The van der Waals surface area contributed by atoms with E-state index in [2.05, 4.69) is 0 Å². The van der Waals surface area contributed by atoms with Crippen LogP contribution >= 0.6 is 11.3 Å². The Balaban J connectivity index is 1.87. The molecule has 0 saturated heterocycles. The molecule has 0 unspecified atom stereocenters. The Hall–Kier alpha value is -1.99. The highest BCUT2D eigenvalue weighted by atomic mass is 32.2. The first-order valence-corrected chi connectivity index (χ1v) is 10.2. The minimum absolute atomic E-state index is 0.173. The van der Waals surface area contributed by atoms with Crippen LogP contribution in [0.25, 0.3) is 0 Å². The van der Waals surface area contributed by atoms with Gasteiger partial charge in [-0.1, -0.05) is 17.7 Å². The summed E-state index contributed by atoms with van der Waals surface area (Å²) in [4.78, 5) is 25.9. The number of ketones is 1. The van der Waals surface area contributed by atoms with Crippen LogP contribution in [0.5, 0.6) is 0 Å². The lowest BCUT2D eigenvalue weighted by molar-refractivity contribution is -0.142. The maximum atomic E-state index is 12.2. The Morgan fingerprint density at radius 3 is 2.28 bits per heavy atom. The molecule has 1 heterocycles. The van der Waals surface area contributed by atoms with Crippen LogP contribution in [-0.4, -0.2) is 32.5 Å². The molecule has 0 aliphatic carbocycles. The third-order valence-corrected chi connectivity index (χ3v) is 6.36. The summed E-state index contributed by atoms with van der Waals surface area (Å²) in [7, 11) is -3.55. The molecule has 0 spiro atoms. The van der Waals surface area contributed by atoms with E-state index in [0.717, 1.165) is 15.3 Å². The van der Waals surface area contributed by atoms with E-state index in [1.165, 1.54) is 23.5 Å². The fourth-order valence-corrected chi connectivity index (χ4v) is 4.45. The number of Topliss-reactive ketones (excluding diaryl/α,β-unsaturated/α-hetero) is 1. The largest absolute Gasteiger partial charge is 0.457 e. The lowest BCUT2D eigenvalue weighted by atomic mass is 10.2. The third kappa shape index (κ3) is 5.24. The molecule has 0 radical (unpaired) electrons. The van der Waals surface area contributed by atoms with Crippen molar-refractivity contribution in [1.82, 2.24) is 0 Å². The molecule has 2 rings (SSSR count). The van der Waals surface area contributed by atoms with Gasteiger partial charge in [-0.2, -0.15) is 0 Å². The molecule has 0 saturated carbocycles. The van der Waals surface area contributed by atoms with E-state index in [1.807, 2.05) is 20.8 Å². The maximum absolute atomic E-state index is 12.2. The molecular formula is C18H20O5S2. The van der Waals surface area contributed by atoms with Crippen LogP contribution < -0.4 is 0 Å². The molecule has 0 aliphatic heterocycles. The van der Waals surface area contributed by atoms with E-state index in [1.54, 1.807) is 18.2 Å². The Morgan fingerprint density at radius 1 is 1.08 bits per heavy atom. The fraction of sp³-hybridized carbons (Fsp3) is 0.333. The van der Waals surface area contributed by atoms with Crippen LogP contribution in [0.1, 0.15) is 32.1 Å². The summed E-state index contributed by atoms with van der Waals surface area (Å²) in [5.74, 6) is -1.33. The monoisotopic (exact) mass is 380 g/mol. The Morgan fingerprint density at radius 2 is 1.72 bits per heavy atom. The Labute approximate surface area is 151 Å². The summed E-state index contributed by atoms with van der Waals surface area (Å²) in [6.45, 7) is 5.22. The zero-order chi connectivity index (χ0) is 18.6. The zero-order valence-electron chi connectivity index (χ0n) is 14.4. The van der Waals surface area contributed by atoms with Crippen LogP contribution in [0.3, 0.4) is 0 Å². The van der Waals surface area contributed by atoms with Crippen molar-refractivity contribution in [2.75, 3.05) is 12.4 Å². The molecule has 7 heteroatoms. The minimum Gasteiger partial charge on any atom is -0.457 e. The van der Waals surface area contributed by atoms with Gasteiger partial charge in [0.25, 0.3) is 0 Å². The molecule has 0 N–H and O–H groups in total. The van der Waals surface area contributed by atoms with Gasteiger partial charge in [-0.05, 0) is 39.0 Å². The van der Waals surface area contributed by atoms with Crippen molar-refractivity contribution >= 4 is 32.9 Å². The molecule has 134 valence electrons. The summed E-state index contributed by atoms with van der Waals surface area (Å²) in [6, 6.07) is 8.20. The van der Waals surface area contributed by atoms with Crippen molar-refractivity contribution in [3.05, 3.63) is 51.2 Å². The maximum Gasteiger partial charge on any atom is 0.307 e. The Kier molecular flexibility index (Phi) is 6.13. The van der Waals surface area contributed by atoms with E-state index in [-0.39, 0.29) is 29.5 Å². The number of carbonyl (C=O) groups is 2. The van der Waals surface area contributed by atoms with Crippen LogP contribution in [0.2, 0.25) is 0 Å². The first kappa shape index (κ1) is 19.3. The van der Waals surface area contributed by atoms with Gasteiger partial charge in [0.15, 0.2) is 16.4 Å². The highest BCUT2D eigenvalue weighted by Gasteiger charge is 2.18. The second-order valence-corrected chi connectivity index (χ2v) is 9.36. The summed E-state index contributed by atoms with van der Waals surface area (Å²) < 4.78 is 29.3. The van der Waals surface area contributed by atoms with Crippen molar-refractivity contribution < 1.29 is 22.7 Å². The second kappa shape index (κ2) is 7.93. The highest BCUT2D eigenvalue weighted by Crippen LogP contribution is 2.21. The predicted octanol–water partition coefficient (Wildman–Crippen LogP) is 3.26. The molecule has 0 bridgehead atoms. The number of carbonyl (C=O) groups excluding carboxylic acids is 2. The number of hydrogen-bond acceptors (Lipinski definition) is 6. The topological polar surface area (TPSA) is 77.5 Å². The van der Waals surface area contributed by atoms with E-state index in [9.17, 15) is 18.0 Å². The smallest absolute Gasteiger partial charge is 0.307 e. The van der Waals surface area contributed by atoms with Crippen LogP contribution in [-0.2, 0) is 19.4 Å². The molecule has 0 aliphatic rings. The molecule has 1 aromatic heterocycles. The molecule has 1 aromatic carbocycles. The number of benzene rings is 1. The second-order valence-electron chi connectivity index (χ2n) is 5.79. The molecule has 0 amide bonds. The molecule has 2 aromatic rings. The fourth-order valence-electron chi connectivity index (χ4n) is 2.28. The Bertz CT molecular complexity index is 877. The number of esters is 1. The lowest BCUT2D eigenvalue weighted by Crippen LogP contribution is -2.17. The SMILES string of the molecule is Cc1ccc(S(=O)(=O)CCC(=O)OCC(=O)c2cc(C)sc2C)cc1. The molecular weight excluding hydrogens is 360 g/mol. The van der Waals surface area contributed by atoms with Gasteiger partial charge >= 0.3 is 5.97 Å². The van der Waals surface area contributed by atoms with E-state index < -0.39 is 15.8 Å². The first-order valence-electron chi connectivity index (χ1n) is 7.74. The van der Waals surface area contributed by atoms with Crippen LogP contribution in [0.4, 0.5) is 0 Å². The van der Waals surface area contributed by atoms with Gasteiger partial charge in [0.2, 0.25) is 5.78 Å². The average molecular weight is 380 g/mol. The van der Waals surface area contributed by atoms with Crippen molar-refractivity contribution in [1.29, 1.82) is 0 Å². The van der Waals surface area contributed by atoms with Gasteiger partial charge < -0.3 is 4.74 Å². The normalized spacial score (nSPS) is 11.3. The summed E-state index contributed by atoms with van der Waals surface area (Å²) in [5.41, 5.74) is 1.50. The van der Waals surface area contributed by atoms with Crippen molar-refractivity contribution in [3.8, 4) is 0 Å². The van der Waals surface area contributed by atoms with Gasteiger partial charge in [-0.3, -0.25) is 9.59 Å². The van der Waals surface area contributed by atoms with Gasteiger partial charge in [0.05, 0.1) is 17.1 Å². The minimum atomic E-state index is -3.55. The summed E-state index contributed by atoms with van der Waals surface area (Å²) in [6.07, 6.45) is -0.287. The average Bonchev–Trinajstić information content (AvgIpc) is 2.89. The third-order valence-electron chi connectivity index (χ3n) is 3.66. The van der Waals surface area contributed by atoms with Crippen molar-refractivity contribution in [2.24, 2.45) is 0 Å². The highest BCUT2D eigenvalue weighted by molar-refractivity contribution is 7.91. The molecule has 5 nitrogen and oxygen atoms in total. The summed E-state index contributed by atoms with van der Waals surface area (Å²) in [5, 5.41) is 0. The molecule has 0 atom stereocenters. The first-order chi connectivity index (χ1) is 11.7. The van der Waals surface area contributed by atoms with Crippen molar-refractivity contribution in [3.63, 3.8) is 0 Å². The zero-order valence-corrected chi connectivity index (χ0v) is 16.0. The molecule has 0 fully saturated rings. The van der Waals surface area contributed by atoms with Gasteiger partial charge in [0, 0.05) is 15.3 Å². The number of sulfone groups is 1. The summed E-state index contributed by atoms with van der Waals surface area (Å²) >= 11 is 1.50. The van der Waals surface area contributed by atoms with Gasteiger partial charge in [0.1, 0.15) is 0 Å². The van der Waals surface area contributed by atoms with E-state index >= 15 is 0 Å². The standard InChI is InChI=1S/C18H20O5S2/c1-12-4-6-15(7-5-12)25(21,22)9-8-18(20)23-11-17(19)16-10-13(2)24-14(16)3/h4-7,10H,8-9,11H2,1-3H3. The van der Waals surface area contributed by atoms with Crippen LogP contribution in [0, 0.1) is 20.8 Å². The molecule has 25 heavy (non-hydrogen) atoms. The number of hydrogen-bond donors (Lipinski definition) is 0. The lowest BCUT2D eigenvalue weighted by Gasteiger charge is -2.06. The number of aryl methyl sites for hydroxylation is 3. The quantitative estimate of drug-likeness (QED) is 0.544. The number of rotatable bonds is 7.